The quantitative estimate of drug-likeness (QED) is 0.685. The van der Waals surface area contributed by atoms with Crippen LogP contribution in [0.1, 0.15) is 19.3 Å². The number of halogens is 1. The molecule has 1 aliphatic rings. The largest absolute Gasteiger partial charge is 0.281 e. The third-order valence-corrected chi connectivity index (χ3v) is 3.95. The summed E-state index contributed by atoms with van der Waals surface area (Å²) in [5.74, 6) is 0.248. The van der Waals surface area contributed by atoms with E-state index in [1.807, 2.05) is 0 Å². The van der Waals surface area contributed by atoms with Gasteiger partial charge in [-0.05, 0) is 30.4 Å². The molecule has 0 bridgehead atoms. The summed E-state index contributed by atoms with van der Waals surface area (Å²) in [5.41, 5.74) is 0. The lowest BCUT2D eigenvalue weighted by atomic mass is 9.95. The molecule has 4 nitrogen and oxygen atoms in total. The van der Waals surface area contributed by atoms with Crippen LogP contribution in [-0.4, -0.2) is 37.3 Å². The second kappa shape index (κ2) is 4.59. The van der Waals surface area contributed by atoms with E-state index in [0.717, 1.165) is 12.8 Å². The first-order chi connectivity index (χ1) is 6.39. The molecular formula is C8H14ClNO3S. The number of piperidine rings is 1. The molecule has 1 saturated heterocycles. The molecule has 0 N–H and O–H groups in total. The normalized spacial score (nSPS) is 21.0. The number of rotatable bonds is 3. The van der Waals surface area contributed by atoms with Gasteiger partial charge in [-0.2, -0.15) is 0 Å². The fraction of sp³-hybridized carbons (Fsp3) is 0.875. The smallest absolute Gasteiger partial charge is 0.221 e. The van der Waals surface area contributed by atoms with Crippen LogP contribution in [-0.2, 0) is 14.8 Å². The van der Waals surface area contributed by atoms with Crippen LogP contribution >= 0.6 is 11.6 Å². The monoisotopic (exact) mass is 239 g/mol. The van der Waals surface area contributed by atoms with Crippen molar-refractivity contribution in [1.29, 1.82) is 0 Å². The molecular weight excluding hydrogens is 226 g/mol. The lowest BCUT2D eigenvalue weighted by molar-refractivity contribution is -0.112. The Kier molecular flexibility index (Phi) is 3.92. The van der Waals surface area contributed by atoms with Crippen molar-refractivity contribution < 1.29 is 13.2 Å². The van der Waals surface area contributed by atoms with Crippen LogP contribution in [0.3, 0.4) is 0 Å². The van der Waals surface area contributed by atoms with Gasteiger partial charge in [-0.15, -0.1) is 0 Å². The van der Waals surface area contributed by atoms with Gasteiger partial charge in [-0.1, -0.05) is 0 Å². The van der Waals surface area contributed by atoms with Gasteiger partial charge in [0.05, 0.1) is 6.26 Å². The third-order valence-electron chi connectivity index (χ3n) is 2.49. The van der Waals surface area contributed by atoms with Crippen molar-refractivity contribution in [3.05, 3.63) is 0 Å². The van der Waals surface area contributed by atoms with Crippen LogP contribution in [0.15, 0.2) is 0 Å². The average Bonchev–Trinajstić information content (AvgIpc) is 2.02. The van der Waals surface area contributed by atoms with E-state index in [2.05, 4.69) is 0 Å². The van der Waals surface area contributed by atoms with Crippen molar-refractivity contribution in [3.63, 3.8) is 0 Å². The maximum absolute atomic E-state index is 11.1. The average molecular weight is 240 g/mol. The second-order valence-corrected chi connectivity index (χ2v) is 6.07. The van der Waals surface area contributed by atoms with E-state index in [4.69, 9.17) is 11.6 Å². The molecule has 0 atom stereocenters. The van der Waals surface area contributed by atoms with Crippen molar-refractivity contribution in [3.8, 4) is 0 Å². The van der Waals surface area contributed by atoms with Crippen molar-refractivity contribution >= 4 is 26.9 Å². The maximum atomic E-state index is 11.1. The zero-order valence-corrected chi connectivity index (χ0v) is 9.64. The zero-order valence-electron chi connectivity index (χ0n) is 8.07. The van der Waals surface area contributed by atoms with Gasteiger partial charge >= 0.3 is 0 Å². The number of hydrogen-bond acceptors (Lipinski definition) is 3. The minimum absolute atomic E-state index is 0.248. The molecule has 0 aromatic carbocycles. The summed E-state index contributed by atoms with van der Waals surface area (Å²) in [5, 5.41) is -0.331. The highest BCUT2D eigenvalue weighted by Gasteiger charge is 2.25. The highest BCUT2D eigenvalue weighted by Crippen LogP contribution is 2.22. The Morgan fingerprint density at radius 3 is 2.29 bits per heavy atom. The predicted octanol–water partition coefficient (Wildman–Crippen LogP) is 0.814. The van der Waals surface area contributed by atoms with E-state index in [9.17, 15) is 13.2 Å². The molecule has 1 aliphatic heterocycles. The minimum atomic E-state index is -3.06. The van der Waals surface area contributed by atoms with E-state index in [0.29, 0.717) is 19.5 Å². The summed E-state index contributed by atoms with van der Waals surface area (Å²) in [6, 6.07) is 0. The van der Waals surface area contributed by atoms with Gasteiger partial charge in [0, 0.05) is 19.5 Å². The van der Waals surface area contributed by atoms with Crippen molar-refractivity contribution in [2.75, 3.05) is 19.3 Å². The maximum Gasteiger partial charge on any atom is 0.221 e. The second-order valence-electron chi connectivity index (χ2n) is 3.66. The van der Waals surface area contributed by atoms with Crippen LogP contribution in [0.2, 0.25) is 0 Å². The fourth-order valence-corrected chi connectivity index (χ4v) is 2.76. The molecule has 0 unspecified atom stereocenters. The Hall–Kier alpha value is -0.130. The lowest BCUT2D eigenvalue weighted by Crippen LogP contribution is -2.37. The molecule has 14 heavy (non-hydrogen) atoms. The highest BCUT2D eigenvalue weighted by molar-refractivity contribution is 7.88. The van der Waals surface area contributed by atoms with Crippen molar-refractivity contribution in [2.24, 2.45) is 5.92 Å². The van der Waals surface area contributed by atoms with Crippen LogP contribution in [0, 0.1) is 5.92 Å². The Labute approximate surface area is 89.3 Å². The fourth-order valence-electron chi connectivity index (χ4n) is 1.67. The minimum Gasteiger partial charge on any atom is -0.281 e. The molecule has 0 saturated carbocycles. The van der Waals surface area contributed by atoms with Gasteiger partial charge in [0.15, 0.2) is 0 Å². The molecule has 0 aliphatic carbocycles. The summed E-state index contributed by atoms with van der Waals surface area (Å²) >= 11 is 5.27. The van der Waals surface area contributed by atoms with Gasteiger partial charge in [0.25, 0.3) is 0 Å². The molecule has 6 heteroatoms. The molecule has 0 amide bonds. The van der Waals surface area contributed by atoms with Crippen molar-refractivity contribution in [2.45, 2.75) is 19.3 Å². The Morgan fingerprint density at radius 2 is 1.93 bits per heavy atom. The molecule has 0 spiro atoms. The number of carbonyl (C=O) groups is 1. The molecule has 0 aromatic rings. The Morgan fingerprint density at radius 1 is 1.43 bits per heavy atom. The SMILES string of the molecule is CS(=O)(=O)N1CCC(CC(=O)Cl)CC1. The van der Waals surface area contributed by atoms with Crippen molar-refractivity contribution in [1.82, 2.24) is 4.31 Å². The summed E-state index contributed by atoms with van der Waals surface area (Å²) < 4.78 is 23.7. The van der Waals surface area contributed by atoms with Crippen LogP contribution in [0.5, 0.6) is 0 Å². The van der Waals surface area contributed by atoms with E-state index in [1.165, 1.54) is 10.6 Å². The topological polar surface area (TPSA) is 54.5 Å². The summed E-state index contributed by atoms with van der Waals surface area (Å²) in [6.45, 7) is 1.02. The number of sulfonamides is 1. The summed E-state index contributed by atoms with van der Waals surface area (Å²) in [4.78, 5) is 10.6. The lowest BCUT2D eigenvalue weighted by Gasteiger charge is -2.29. The first-order valence-corrected chi connectivity index (χ1v) is 6.75. The zero-order chi connectivity index (χ0) is 10.8. The standard InChI is InChI=1S/C8H14ClNO3S/c1-14(12,13)10-4-2-7(3-5-10)6-8(9)11/h7H,2-6H2,1H3. The number of hydrogen-bond donors (Lipinski definition) is 0. The molecule has 0 radical (unpaired) electrons. The number of carbonyl (C=O) groups excluding carboxylic acids is 1. The van der Waals surface area contributed by atoms with Gasteiger partial charge in [0.2, 0.25) is 15.3 Å². The molecule has 1 fully saturated rings. The van der Waals surface area contributed by atoms with Gasteiger partial charge < -0.3 is 0 Å². The molecule has 82 valence electrons. The van der Waals surface area contributed by atoms with Gasteiger partial charge in [-0.3, -0.25) is 4.79 Å². The highest BCUT2D eigenvalue weighted by atomic mass is 35.5. The number of nitrogens with zero attached hydrogens (tertiary/aromatic N) is 1. The predicted molar refractivity (Wildman–Crippen MR) is 54.6 cm³/mol. The molecule has 1 rings (SSSR count). The molecule has 1 heterocycles. The van der Waals surface area contributed by atoms with E-state index >= 15 is 0 Å². The summed E-state index contributed by atoms with van der Waals surface area (Å²) in [7, 11) is -3.06. The van der Waals surface area contributed by atoms with Crippen LogP contribution in [0.25, 0.3) is 0 Å². The van der Waals surface area contributed by atoms with Crippen LogP contribution in [0.4, 0.5) is 0 Å². The van der Waals surface area contributed by atoms with E-state index in [1.54, 1.807) is 0 Å². The first kappa shape index (κ1) is 11.9. The van der Waals surface area contributed by atoms with Crippen LogP contribution < -0.4 is 0 Å². The first-order valence-electron chi connectivity index (χ1n) is 4.53. The van der Waals surface area contributed by atoms with Gasteiger partial charge in [-0.25, -0.2) is 12.7 Å². The van der Waals surface area contributed by atoms with Gasteiger partial charge in [0.1, 0.15) is 0 Å². The Balaban J connectivity index is 2.43. The summed E-state index contributed by atoms with van der Waals surface area (Å²) in [6.07, 6.45) is 3.02. The van der Waals surface area contributed by atoms with E-state index < -0.39 is 10.0 Å². The molecule has 0 aromatic heterocycles. The Bertz CT molecular complexity index is 307. The third kappa shape index (κ3) is 3.55. The van der Waals surface area contributed by atoms with E-state index in [-0.39, 0.29) is 11.2 Å².